The van der Waals surface area contributed by atoms with Crippen molar-refractivity contribution >= 4 is 5.97 Å². The Hall–Kier alpha value is -0.940. The second-order valence-corrected chi connectivity index (χ2v) is 5.44. The molecule has 2 aliphatic heterocycles. The number of ether oxygens (including phenoxy) is 2. The van der Waals surface area contributed by atoms with Crippen LogP contribution >= 0.6 is 0 Å². The van der Waals surface area contributed by atoms with Crippen molar-refractivity contribution in [3.63, 3.8) is 0 Å². The van der Waals surface area contributed by atoms with Crippen molar-refractivity contribution in [3.05, 3.63) is 0 Å². The van der Waals surface area contributed by atoms with E-state index in [-0.39, 0.29) is 5.72 Å². The molecule has 0 aliphatic carbocycles. The number of nitrogens with one attached hydrogen (secondary N) is 3. The lowest BCUT2D eigenvalue weighted by Crippen LogP contribution is -2.48. The Morgan fingerprint density at radius 1 is 1.50 bits per heavy atom. The molecule has 4 N–H and O–H groups in total. The molecule has 3 atom stereocenters. The molecule has 22 heavy (non-hydrogen) atoms. The molecule has 0 bridgehead atoms. The maximum absolute atomic E-state index is 10.6. The quantitative estimate of drug-likeness (QED) is 0.602. The highest BCUT2D eigenvalue weighted by molar-refractivity contribution is 5.73. The Morgan fingerprint density at radius 2 is 2.14 bits per heavy atom. The largest absolute Gasteiger partial charge is 0.490 e. The van der Waals surface area contributed by atoms with E-state index in [0.717, 1.165) is 19.4 Å². The summed E-state index contributed by atoms with van der Waals surface area (Å²) in [7, 11) is 0. The summed E-state index contributed by atoms with van der Waals surface area (Å²) in [5, 5.41) is 10.5. The van der Waals surface area contributed by atoms with Crippen molar-refractivity contribution in [2.24, 2.45) is 0 Å². The number of hydrogen-bond donors (Lipinski definition) is 4. The maximum atomic E-state index is 10.6. The first kappa shape index (κ1) is 19.1. The van der Waals surface area contributed by atoms with E-state index in [4.69, 9.17) is 19.4 Å². The van der Waals surface area contributed by atoms with E-state index < -0.39 is 12.1 Å². The van der Waals surface area contributed by atoms with Crippen LogP contribution in [-0.2, 0) is 14.3 Å². The van der Waals surface area contributed by atoms with Crippen LogP contribution in [0.2, 0.25) is 0 Å². The number of carbonyl (C=O) groups is 1. The van der Waals surface area contributed by atoms with Crippen molar-refractivity contribution in [2.75, 3.05) is 19.9 Å². The first-order chi connectivity index (χ1) is 10.1. The second kappa shape index (κ2) is 8.06. The van der Waals surface area contributed by atoms with Crippen LogP contribution in [0.25, 0.3) is 0 Å². The van der Waals surface area contributed by atoms with Gasteiger partial charge in [0.15, 0.2) is 5.72 Å². The molecule has 2 rings (SSSR count). The van der Waals surface area contributed by atoms with Crippen molar-refractivity contribution in [2.45, 2.75) is 50.7 Å². The van der Waals surface area contributed by atoms with Gasteiger partial charge in [-0.1, -0.05) is 0 Å². The van der Waals surface area contributed by atoms with Crippen LogP contribution in [0.3, 0.4) is 0 Å². The van der Waals surface area contributed by atoms with E-state index in [0.29, 0.717) is 25.5 Å². The Bertz CT molecular complexity index is 362. The summed E-state index contributed by atoms with van der Waals surface area (Å²) in [6.45, 7) is 6.38. The van der Waals surface area contributed by atoms with Gasteiger partial charge in [-0.2, -0.15) is 13.2 Å². The maximum Gasteiger partial charge on any atom is 0.490 e. The Balaban J connectivity index is 0.000000295. The van der Waals surface area contributed by atoms with Gasteiger partial charge in [0.05, 0.1) is 12.7 Å². The van der Waals surface area contributed by atoms with Gasteiger partial charge in [0.2, 0.25) is 0 Å². The van der Waals surface area contributed by atoms with E-state index >= 15 is 0 Å². The molecule has 2 aliphatic rings. The molecule has 2 heterocycles. The summed E-state index contributed by atoms with van der Waals surface area (Å²) in [5.74, 6) is -2.76. The van der Waals surface area contributed by atoms with Crippen molar-refractivity contribution in [1.29, 1.82) is 0 Å². The fourth-order valence-electron chi connectivity index (χ4n) is 2.05. The van der Waals surface area contributed by atoms with Crippen molar-refractivity contribution < 1.29 is 32.5 Å². The summed E-state index contributed by atoms with van der Waals surface area (Å²) < 4.78 is 43.1. The zero-order valence-corrected chi connectivity index (χ0v) is 12.5. The molecule has 0 aromatic rings. The van der Waals surface area contributed by atoms with Crippen LogP contribution in [0.5, 0.6) is 0 Å². The van der Waals surface area contributed by atoms with Crippen molar-refractivity contribution in [3.8, 4) is 0 Å². The minimum Gasteiger partial charge on any atom is -0.475 e. The van der Waals surface area contributed by atoms with Gasteiger partial charge in [-0.25, -0.2) is 15.6 Å². The molecule has 7 nitrogen and oxygen atoms in total. The third kappa shape index (κ3) is 6.88. The molecule has 0 saturated carbocycles. The average Bonchev–Trinajstić information content (AvgIpc) is 2.84. The Labute approximate surface area is 126 Å². The lowest BCUT2D eigenvalue weighted by Gasteiger charge is -2.31. The van der Waals surface area contributed by atoms with E-state index in [1.807, 2.05) is 6.92 Å². The van der Waals surface area contributed by atoms with Crippen LogP contribution in [0.1, 0.15) is 26.7 Å². The minimum atomic E-state index is -5.08. The molecule has 0 aromatic heterocycles. The third-order valence-corrected chi connectivity index (χ3v) is 3.23. The summed E-state index contributed by atoms with van der Waals surface area (Å²) in [6.07, 6.45) is -2.54. The van der Waals surface area contributed by atoms with Gasteiger partial charge in [0.25, 0.3) is 0 Å². The van der Waals surface area contributed by atoms with Gasteiger partial charge in [-0.3, -0.25) is 0 Å². The minimum absolute atomic E-state index is 0.365. The van der Waals surface area contributed by atoms with Gasteiger partial charge in [-0.15, -0.1) is 0 Å². The van der Waals surface area contributed by atoms with E-state index in [1.54, 1.807) is 0 Å². The third-order valence-electron chi connectivity index (χ3n) is 3.23. The lowest BCUT2D eigenvalue weighted by atomic mass is 10.0. The van der Waals surface area contributed by atoms with Crippen LogP contribution in [0.15, 0.2) is 0 Å². The van der Waals surface area contributed by atoms with Crippen LogP contribution < -0.4 is 16.2 Å². The smallest absolute Gasteiger partial charge is 0.475 e. The molecular weight excluding hydrogens is 307 g/mol. The molecule has 2 saturated heterocycles. The number of rotatable bonds is 3. The highest BCUT2D eigenvalue weighted by Crippen LogP contribution is 2.16. The topological polar surface area (TPSA) is 91.9 Å². The monoisotopic (exact) mass is 329 g/mol. The number of carboxylic acid groups (broad SMARTS) is 1. The van der Waals surface area contributed by atoms with Crippen LogP contribution in [0, 0.1) is 0 Å². The molecule has 0 amide bonds. The lowest BCUT2D eigenvalue weighted by molar-refractivity contribution is -0.192. The predicted octanol–water partition coefficient (Wildman–Crippen LogP) is 0.575. The summed E-state index contributed by atoms with van der Waals surface area (Å²) in [5.41, 5.74) is 5.65. The zero-order valence-electron chi connectivity index (χ0n) is 12.5. The zero-order chi connectivity index (χ0) is 16.8. The van der Waals surface area contributed by atoms with Gasteiger partial charge < -0.3 is 19.9 Å². The standard InChI is InChI=1S/C10H21N3O2.C2HF3O2/c1-8-5-9(3-4-11-8)14-6-10(2)13-12-7-15-10;3-2(4,5)1(6)7/h8-9,11-13H,3-7H2,1-2H3;(H,6,7)/t8-,9-,10?;/m0./s1. The van der Waals surface area contributed by atoms with E-state index in [1.165, 1.54) is 0 Å². The number of piperidine rings is 1. The van der Waals surface area contributed by atoms with Gasteiger partial charge in [-0.05, 0) is 33.2 Å². The molecule has 0 radical (unpaired) electrons. The molecular formula is C12H22F3N3O4. The molecule has 10 heteroatoms. The first-order valence-electron chi connectivity index (χ1n) is 6.91. The van der Waals surface area contributed by atoms with Crippen LogP contribution in [0.4, 0.5) is 13.2 Å². The molecule has 1 unspecified atom stereocenters. The summed E-state index contributed by atoms with van der Waals surface area (Å²) in [6, 6.07) is 0.562. The fraction of sp³-hybridized carbons (Fsp3) is 0.917. The molecule has 2 fully saturated rings. The Kier molecular flexibility index (Phi) is 7.00. The molecule has 0 spiro atoms. The fourth-order valence-corrected chi connectivity index (χ4v) is 2.05. The number of aliphatic carboxylic acids is 1. The highest BCUT2D eigenvalue weighted by atomic mass is 19.4. The number of hydrazine groups is 1. The van der Waals surface area contributed by atoms with Crippen molar-refractivity contribution in [1.82, 2.24) is 16.2 Å². The summed E-state index contributed by atoms with van der Waals surface area (Å²) >= 11 is 0. The highest BCUT2D eigenvalue weighted by Gasteiger charge is 2.38. The number of halogens is 3. The molecule has 130 valence electrons. The summed E-state index contributed by atoms with van der Waals surface area (Å²) in [4.78, 5) is 8.90. The number of carboxylic acids is 1. The van der Waals surface area contributed by atoms with Gasteiger partial charge >= 0.3 is 12.1 Å². The van der Waals surface area contributed by atoms with Gasteiger partial charge in [0, 0.05) is 6.04 Å². The SMILES string of the molecule is C[C@H]1C[C@@H](OCC2(C)NNCO2)CCN1.O=C(O)C(F)(F)F. The predicted molar refractivity (Wildman–Crippen MR) is 70.8 cm³/mol. The average molecular weight is 329 g/mol. The van der Waals surface area contributed by atoms with E-state index in [2.05, 4.69) is 23.1 Å². The van der Waals surface area contributed by atoms with E-state index in [9.17, 15) is 13.2 Å². The normalized spacial score (nSPS) is 32.2. The second-order valence-electron chi connectivity index (χ2n) is 5.44. The molecule has 0 aromatic carbocycles. The Morgan fingerprint density at radius 3 is 2.59 bits per heavy atom. The number of hydrogen-bond acceptors (Lipinski definition) is 6. The number of alkyl halides is 3. The first-order valence-corrected chi connectivity index (χ1v) is 6.91. The van der Waals surface area contributed by atoms with Crippen LogP contribution in [-0.4, -0.2) is 55.0 Å². The van der Waals surface area contributed by atoms with Gasteiger partial charge in [0.1, 0.15) is 6.73 Å².